The first kappa shape index (κ1) is 34.3. The Bertz CT molecular complexity index is 673. The van der Waals surface area contributed by atoms with E-state index < -0.39 is 65.0 Å². The molecule has 0 aliphatic rings. The van der Waals surface area contributed by atoms with Gasteiger partial charge < -0.3 is 9.04 Å². The quantitative estimate of drug-likeness (QED) is 0.133. The molecule has 0 N–H and O–H groups in total. The molecule has 0 amide bonds. The predicted octanol–water partition coefficient (Wildman–Crippen LogP) is 6.04. The van der Waals surface area contributed by atoms with E-state index in [0.717, 1.165) is 0 Å². The highest BCUT2D eigenvalue weighted by Crippen LogP contribution is 2.55. The predicted molar refractivity (Wildman–Crippen MR) is 96.4 cm³/mol. The molecule has 0 saturated heterocycles. The Morgan fingerprint density at radius 2 is 0.970 bits per heavy atom. The molecular weight excluding hydrogens is 507 g/mol. The number of hydrogen-bond acceptors (Lipinski definition) is 3. The summed E-state index contributed by atoms with van der Waals surface area (Å²) in [4.78, 5) is 0. The van der Waals surface area contributed by atoms with Crippen LogP contribution in [0.2, 0.25) is 0 Å². The Balaban J connectivity index is 0. The SMILES string of the molecule is CC[N+](CC)(CC)CC.O=S(=O)([O-])C(F)(F)C(F)(F)C(F)(F)C(F)(F)CCCCC(F)(F)F. The van der Waals surface area contributed by atoms with Gasteiger partial charge in [-0.2, -0.15) is 48.3 Å². The van der Waals surface area contributed by atoms with Crippen LogP contribution < -0.4 is 0 Å². The average Bonchev–Trinajstić information content (AvgIpc) is 2.66. The minimum atomic E-state index is -7.44. The van der Waals surface area contributed by atoms with Crippen LogP contribution in [0.3, 0.4) is 0 Å². The van der Waals surface area contributed by atoms with Gasteiger partial charge in [0.05, 0.1) is 26.2 Å². The minimum absolute atomic E-state index is 1.20. The molecule has 0 aromatic rings. The molecule has 0 aliphatic heterocycles. The van der Waals surface area contributed by atoms with Crippen LogP contribution in [-0.2, 0) is 10.1 Å². The fourth-order valence-electron chi connectivity index (χ4n) is 2.74. The summed E-state index contributed by atoms with van der Waals surface area (Å²) in [6.45, 7) is 14.2. The van der Waals surface area contributed by atoms with Crippen LogP contribution >= 0.6 is 0 Å². The van der Waals surface area contributed by atoms with Gasteiger partial charge >= 0.3 is 29.2 Å². The number of hydrogen-bond donors (Lipinski definition) is 0. The Morgan fingerprint density at radius 1 is 0.636 bits per heavy atom. The molecular formula is C17H28F11NO3S. The third kappa shape index (κ3) is 8.37. The standard InChI is InChI=1S/C9H9F11O3S.C8H20N/c10-5(11,3-1-2-4-6(12,13)14)7(15,16)8(17,18)9(19,20)24(21,22)23;1-5-9(6-2,7-3)8-4/h1-4H2,(H,21,22,23);5-8H2,1-4H3/q;+1/p-1. The van der Waals surface area contributed by atoms with Crippen molar-refractivity contribution >= 4 is 10.1 Å². The summed E-state index contributed by atoms with van der Waals surface area (Å²) in [5.74, 6) is -20.3. The van der Waals surface area contributed by atoms with E-state index in [9.17, 15) is 61.3 Å². The maximum Gasteiger partial charge on any atom is 0.402 e. The molecule has 0 radical (unpaired) electrons. The van der Waals surface area contributed by atoms with Gasteiger partial charge in [0.25, 0.3) is 0 Å². The van der Waals surface area contributed by atoms with Crippen molar-refractivity contribution in [3.8, 4) is 0 Å². The minimum Gasteiger partial charge on any atom is -0.743 e. The van der Waals surface area contributed by atoms with Gasteiger partial charge in [0.15, 0.2) is 10.1 Å². The van der Waals surface area contributed by atoms with E-state index in [1.807, 2.05) is 0 Å². The van der Waals surface area contributed by atoms with E-state index in [-0.39, 0.29) is 0 Å². The van der Waals surface area contributed by atoms with Gasteiger partial charge in [-0.15, -0.1) is 0 Å². The third-order valence-electron chi connectivity index (χ3n) is 5.42. The highest BCUT2D eigenvalue weighted by molar-refractivity contribution is 7.86. The Hall–Kier alpha value is -0.900. The molecule has 0 saturated carbocycles. The molecule has 16 heteroatoms. The topological polar surface area (TPSA) is 57.2 Å². The second-order valence-corrected chi connectivity index (χ2v) is 8.67. The zero-order valence-electron chi connectivity index (χ0n) is 18.4. The van der Waals surface area contributed by atoms with Crippen molar-refractivity contribution in [1.29, 1.82) is 0 Å². The monoisotopic (exact) mass is 535 g/mol. The Morgan fingerprint density at radius 3 is 1.21 bits per heavy atom. The number of rotatable bonds is 12. The summed E-state index contributed by atoms with van der Waals surface area (Å²) in [6, 6.07) is 0. The van der Waals surface area contributed by atoms with Crippen LogP contribution in [0.25, 0.3) is 0 Å². The highest BCUT2D eigenvalue weighted by Gasteiger charge is 2.82. The molecule has 0 heterocycles. The average molecular weight is 535 g/mol. The van der Waals surface area contributed by atoms with Crippen molar-refractivity contribution in [3.63, 3.8) is 0 Å². The Kier molecular flexibility index (Phi) is 12.1. The van der Waals surface area contributed by atoms with Gasteiger partial charge in [0, 0.05) is 12.8 Å². The summed E-state index contributed by atoms with van der Waals surface area (Å²) in [5.41, 5.74) is 0. The van der Waals surface area contributed by atoms with Crippen molar-refractivity contribution in [2.45, 2.75) is 82.6 Å². The normalized spacial score (nSPS) is 14.7. The van der Waals surface area contributed by atoms with Crippen LogP contribution in [0.4, 0.5) is 48.3 Å². The molecule has 0 aliphatic carbocycles. The summed E-state index contributed by atoms with van der Waals surface area (Å²) in [6.07, 6.45) is -11.6. The molecule has 4 nitrogen and oxygen atoms in total. The molecule has 202 valence electrons. The van der Waals surface area contributed by atoms with Crippen LogP contribution in [0.5, 0.6) is 0 Å². The zero-order valence-corrected chi connectivity index (χ0v) is 19.2. The molecule has 0 aromatic carbocycles. The maximum atomic E-state index is 13.1. The van der Waals surface area contributed by atoms with Gasteiger partial charge in [-0.25, -0.2) is 8.42 Å². The first-order valence-corrected chi connectivity index (χ1v) is 11.2. The summed E-state index contributed by atoms with van der Waals surface area (Å²) in [5, 5.41) is -7.07. The van der Waals surface area contributed by atoms with Crippen molar-refractivity contribution in [2.24, 2.45) is 0 Å². The van der Waals surface area contributed by atoms with Crippen molar-refractivity contribution in [2.75, 3.05) is 26.2 Å². The summed E-state index contributed by atoms with van der Waals surface area (Å²) in [7, 11) is -7.44. The fourth-order valence-corrected chi connectivity index (χ4v) is 3.18. The molecule has 0 spiro atoms. The van der Waals surface area contributed by atoms with E-state index >= 15 is 0 Å². The van der Waals surface area contributed by atoms with Crippen LogP contribution in [0.1, 0.15) is 53.4 Å². The first-order valence-electron chi connectivity index (χ1n) is 9.83. The summed E-state index contributed by atoms with van der Waals surface area (Å²) >= 11 is 0. The van der Waals surface area contributed by atoms with Gasteiger partial charge in [-0.1, -0.05) is 0 Å². The van der Waals surface area contributed by atoms with E-state index in [1.54, 1.807) is 0 Å². The largest absolute Gasteiger partial charge is 0.743 e. The van der Waals surface area contributed by atoms with Crippen LogP contribution in [-0.4, -0.2) is 72.8 Å². The smallest absolute Gasteiger partial charge is 0.402 e. The number of nitrogens with zero attached hydrogens (tertiary/aromatic N) is 1. The molecule has 0 atom stereocenters. The fraction of sp³-hybridized carbons (Fsp3) is 1.00. The second-order valence-electron chi connectivity index (χ2n) is 7.25. The van der Waals surface area contributed by atoms with Crippen LogP contribution in [0, 0.1) is 0 Å². The molecule has 0 bridgehead atoms. The molecule has 0 fully saturated rings. The van der Waals surface area contributed by atoms with E-state index in [2.05, 4.69) is 27.7 Å². The lowest BCUT2D eigenvalue weighted by molar-refractivity contribution is -0.921. The van der Waals surface area contributed by atoms with Crippen LogP contribution in [0.15, 0.2) is 0 Å². The number of halogens is 11. The van der Waals surface area contributed by atoms with Gasteiger partial charge in [-0.3, -0.25) is 0 Å². The van der Waals surface area contributed by atoms with Crippen molar-refractivity contribution in [1.82, 2.24) is 0 Å². The first-order chi connectivity index (χ1) is 14.4. The van der Waals surface area contributed by atoms with Gasteiger partial charge in [-0.05, 0) is 40.5 Å². The maximum absolute atomic E-state index is 13.1. The summed E-state index contributed by atoms with van der Waals surface area (Å²) < 4.78 is 170. The lowest BCUT2D eigenvalue weighted by Crippen LogP contribution is -2.64. The van der Waals surface area contributed by atoms with E-state index in [1.165, 1.54) is 30.7 Å². The Labute approximate surface area is 185 Å². The van der Waals surface area contributed by atoms with Crippen molar-refractivity contribution in [3.05, 3.63) is 0 Å². The number of quaternary nitrogens is 1. The third-order valence-corrected chi connectivity index (χ3v) is 6.30. The number of alkyl halides is 11. The van der Waals surface area contributed by atoms with Gasteiger partial charge in [0.2, 0.25) is 0 Å². The van der Waals surface area contributed by atoms with E-state index in [4.69, 9.17) is 0 Å². The molecule has 0 rings (SSSR count). The lowest BCUT2D eigenvalue weighted by Gasteiger charge is -2.37. The second kappa shape index (κ2) is 11.7. The van der Waals surface area contributed by atoms with Gasteiger partial charge in [0.1, 0.15) is 0 Å². The highest BCUT2D eigenvalue weighted by atomic mass is 32.2. The lowest BCUT2D eigenvalue weighted by atomic mass is 9.98. The molecule has 33 heavy (non-hydrogen) atoms. The van der Waals surface area contributed by atoms with E-state index in [0.29, 0.717) is 0 Å². The van der Waals surface area contributed by atoms with Crippen molar-refractivity contribution < 1.29 is 65.7 Å². The number of unbranched alkanes of at least 4 members (excludes halogenated alkanes) is 1. The molecule has 0 aromatic heterocycles. The zero-order chi connectivity index (χ0) is 27.2. The molecule has 0 unspecified atom stereocenters.